The molecular formula is C12H18NO5P. The van der Waals surface area contributed by atoms with Gasteiger partial charge < -0.3 is 14.0 Å². The average molecular weight is 287 g/mol. The van der Waals surface area contributed by atoms with Gasteiger partial charge in [-0.1, -0.05) is 13.8 Å². The number of nitro benzene ring substituents is 1. The maximum Gasteiger partial charge on any atom is 0.314 e. The summed E-state index contributed by atoms with van der Waals surface area (Å²) in [5.41, 5.74) is -0.182. The molecule has 0 radical (unpaired) electrons. The molecule has 0 atom stereocenters. The summed E-state index contributed by atoms with van der Waals surface area (Å²) in [5, 5.41) is 11.0. The van der Waals surface area contributed by atoms with E-state index in [-0.39, 0.29) is 17.8 Å². The molecule has 19 heavy (non-hydrogen) atoms. The molecule has 0 amide bonds. The highest BCUT2D eigenvalue weighted by Crippen LogP contribution is 2.45. The van der Waals surface area contributed by atoms with Crippen LogP contribution in [0.1, 0.15) is 13.8 Å². The predicted octanol–water partition coefficient (Wildman–Crippen LogP) is 3.34. The van der Waals surface area contributed by atoms with Gasteiger partial charge in [-0.05, 0) is 12.1 Å². The van der Waals surface area contributed by atoms with E-state index in [0.29, 0.717) is 18.1 Å². The fourth-order valence-electron chi connectivity index (χ4n) is 1.48. The van der Waals surface area contributed by atoms with Gasteiger partial charge in [0.2, 0.25) is 0 Å². The molecule has 0 heterocycles. The first kappa shape index (κ1) is 15.5. The van der Waals surface area contributed by atoms with Gasteiger partial charge in [0.25, 0.3) is 0 Å². The van der Waals surface area contributed by atoms with E-state index in [1.807, 2.05) is 13.8 Å². The molecule has 0 unspecified atom stereocenters. The standard InChI is InChI=1S/C12H18NO5P/c1-4-19(16,5-2)9-18-12-7-6-10(17-3)8-11(12)13(14)15/h6-8H,4-5,9H2,1-3H3. The lowest BCUT2D eigenvalue weighted by Crippen LogP contribution is -2.05. The summed E-state index contributed by atoms with van der Waals surface area (Å²) in [6.45, 7) is 3.66. The molecule has 7 heteroatoms. The summed E-state index contributed by atoms with van der Waals surface area (Å²) in [6, 6.07) is 4.33. The Bertz CT molecular complexity index is 495. The van der Waals surface area contributed by atoms with Crippen molar-refractivity contribution < 1.29 is 19.0 Å². The highest BCUT2D eigenvalue weighted by molar-refractivity contribution is 7.63. The zero-order chi connectivity index (χ0) is 14.5. The summed E-state index contributed by atoms with van der Waals surface area (Å²) >= 11 is 0. The Balaban J connectivity index is 2.95. The van der Waals surface area contributed by atoms with Gasteiger partial charge in [-0.15, -0.1) is 0 Å². The van der Waals surface area contributed by atoms with Crippen molar-refractivity contribution in [1.82, 2.24) is 0 Å². The van der Waals surface area contributed by atoms with Crippen molar-refractivity contribution in [3.05, 3.63) is 28.3 Å². The van der Waals surface area contributed by atoms with Gasteiger partial charge in [0, 0.05) is 12.3 Å². The van der Waals surface area contributed by atoms with E-state index in [1.165, 1.54) is 19.2 Å². The zero-order valence-corrected chi connectivity index (χ0v) is 12.2. The van der Waals surface area contributed by atoms with Crippen LogP contribution in [0.5, 0.6) is 11.5 Å². The van der Waals surface area contributed by atoms with E-state index in [1.54, 1.807) is 6.07 Å². The maximum absolute atomic E-state index is 12.2. The monoisotopic (exact) mass is 287 g/mol. The second-order valence-corrected chi connectivity index (χ2v) is 7.69. The normalized spacial score (nSPS) is 11.1. The molecular weight excluding hydrogens is 269 g/mol. The van der Waals surface area contributed by atoms with Crippen LogP contribution in [0.15, 0.2) is 18.2 Å². The second kappa shape index (κ2) is 6.57. The van der Waals surface area contributed by atoms with Gasteiger partial charge in [-0.2, -0.15) is 0 Å². The highest BCUT2D eigenvalue weighted by atomic mass is 31.2. The lowest BCUT2D eigenvalue weighted by atomic mass is 10.3. The number of nitrogens with zero attached hydrogens (tertiary/aromatic N) is 1. The van der Waals surface area contributed by atoms with Crippen LogP contribution < -0.4 is 9.47 Å². The largest absolute Gasteiger partial charge is 0.496 e. The van der Waals surface area contributed by atoms with Crippen molar-refractivity contribution in [3.63, 3.8) is 0 Å². The Hall–Kier alpha value is -1.55. The first-order valence-electron chi connectivity index (χ1n) is 5.98. The van der Waals surface area contributed by atoms with Crippen LogP contribution in [0.25, 0.3) is 0 Å². The molecule has 0 saturated heterocycles. The fraction of sp³-hybridized carbons (Fsp3) is 0.500. The molecule has 0 N–H and O–H groups in total. The zero-order valence-electron chi connectivity index (χ0n) is 11.3. The molecule has 0 aliphatic carbocycles. The molecule has 0 bridgehead atoms. The van der Waals surface area contributed by atoms with Crippen LogP contribution in [0, 0.1) is 10.1 Å². The van der Waals surface area contributed by atoms with E-state index in [2.05, 4.69) is 0 Å². The molecule has 0 aliphatic rings. The summed E-state index contributed by atoms with van der Waals surface area (Å²) in [4.78, 5) is 10.4. The van der Waals surface area contributed by atoms with Gasteiger partial charge >= 0.3 is 5.69 Å². The van der Waals surface area contributed by atoms with Gasteiger partial charge in [-0.25, -0.2) is 0 Å². The van der Waals surface area contributed by atoms with Crippen molar-refractivity contribution >= 4 is 12.8 Å². The summed E-state index contributed by atoms with van der Waals surface area (Å²) in [5.74, 6) is 0.501. The smallest absolute Gasteiger partial charge is 0.314 e. The van der Waals surface area contributed by atoms with Crippen molar-refractivity contribution in [2.24, 2.45) is 0 Å². The van der Waals surface area contributed by atoms with Crippen LogP contribution in [0.4, 0.5) is 5.69 Å². The van der Waals surface area contributed by atoms with Crippen molar-refractivity contribution in [2.45, 2.75) is 13.8 Å². The molecule has 1 rings (SSSR count). The second-order valence-electron chi connectivity index (χ2n) is 4.05. The minimum Gasteiger partial charge on any atom is -0.496 e. The molecule has 1 aromatic rings. The van der Waals surface area contributed by atoms with Crippen LogP contribution in [-0.2, 0) is 4.57 Å². The van der Waals surface area contributed by atoms with E-state index in [0.717, 1.165) is 0 Å². The van der Waals surface area contributed by atoms with Crippen molar-refractivity contribution in [2.75, 3.05) is 25.8 Å². The Morgan fingerprint density at radius 2 is 1.95 bits per heavy atom. The Kier molecular flexibility index (Phi) is 5.36. The van der Waals surface area contributed by atoms with Crippen LogP contribution in [0.3, 0.4) is 0 Å². The van der Waals surface area contributed by atoms with Crippen molar-refractivity contribution in [3.8, 4) is 11.5 Å². The molecule has 1 aromatic carbocycles. The molecule has 0 spiro atoms. The summed E-state index contributed by atoms with van der Waals surface area (Å²) < 4.78 is 22.5. The molecule has 0 aliphatic heterocycles. The van der Waals surface area contributed by atoms with Crippen LogP contribution >= 0.6 is 7.14 Å². The Labute approximate surface area is 112 Å². The van der Waals surface area contributed by atoms with Crippen LogP contribution in [-0.4, -0.2) is 30.7 Å². The van der Waals surface area contributed by atoms with Crippen molar-refractivity contribution in [1.29, 1.82) is 0 Å². The molecule has 106 valence electrons. The van der Waals surface area contributed by atoms with E-state index >= 15 is 0 Å². The number of benzene rings is 1. The minimum atomic E-state index is -2.39. The Morgan fingerprint density at radius 3 is 2.42 bits per heavy atom. The molecule has 6 nitrogen and oxygen atoms in total. The predicted molar refractivity (Wildman–Crippen MR) is 73.8 cm³/mol. The quantitative estimate of drug-likeness (QED) is 0.436. The highest BCUT2D eigenvalue weighted by Gasteiger charge is 2.22. The Morgan fingerprint density at radius 1 is 1.32 bits per heavy atom. The third-order valence-corrected chi connectivity index (χ3v) is 5.88. The molecule has 0 saturated carbocycles. The molecule has 0 fully saturated rings. The third kappa shape index (κ3) is 3.96. The number of ether oxygens (including phenoxy) is 2. The van der Waals surface area contributed by atoms with Gasteiger partial charge in [0.1, 0.15) is 19.2 Å². The first-order valence-corrected chi connectivity index (χ1v) is 8.24. The number of methoxy groups -OCH3 is 1. The maximum atomic E-state index is 12.2. The fourth-order valence-corrected chi connectivity index (χ4v) is 2.67. The minimum absolute atomic E-state index is 0.0210. The third-order valence-electron chi connectivity index (χ3n) is 2.97. The number of hydrogen-bond donors (Lipinski definition) is 0. The van der Waals surface area contributed by atoms with Gasteiger partial charge in [-0.3, -0.25) is 10.1 Å². The average Bonchev–Trinajstić information content (AvgIpc) is 2.44. The van der Waals surface area contributed by atoms with E-state index in [4.69, 9.17) is 9.47 Å². The number of hydrogen-bond acceptors (Lipinski definition) is 5. The van der Waals surface area contributed by atoms with Gasteiger partial charge in [0.15, 0.2) is 5.75 Å². The molecule has 0 aromatic heterocycles. The van der Waals surface area contributed by atoms with Gasteiger partial charge in [0.05, 0.1) is 18.1 Å². The topological polar surface area (TPSA) is 78.7 Å². The summed E-state index contributed by atoms with van der Waals surface area (Å²) in [7, 11) is -0.959. The van der Waals surface area contributed by atoms with E-state index < -0.39 is 12.1 Å². The number of rotatable bonds is 7. The lowest BCUT2D eigenvalue weighted by Gasteiger charge is -2.15. The first-order chi connectivity index (χ1) is 8.95. The number of nitro groups is 1. The van der Waals surface area contributed by atoms with E-state index in [9.17, 15) is 14.7 Å². The van der Waals surface area contributed by atoms with Crippen LogP contribution in [0.2, 0.25) is 0 Å². The summed E-state index contributed by atoms with van der Waals surface area (Å²) in [6.07, 6.45) is 1.06. The lowest BCUT2D eigenvalue weighted by molar-refractivity contribution is -0.385. The SMILES string of the molecule is CCP(=O)(CC)COc1ccc(OC)cc1[N+](=O)[O-].